The molecule has 0 bridgehead atoms. The molecule has 0 aliphatic carbocycles. The molecule has 1 N–H and O–H groups in total. The van der Waals surface area contributed by atoms with Crippen LogP contribution in [0.1, 0.15) is 33.3 Å². The van der Waals surface area contributed by atoms with Crippen molar-refractivity contribution in [3.8, 4) is 0 Å². The number of nitrogens with one attached hydrogen (secondary N) is 1. The lowest BCUT2D eigenvalue weighted by Gasteiger charge is -2.26. The molecular weight excluding hydrogens is 458 g/mol. The van der Waals surface area contributed by atoms with E-state index in [0.29, 0.717) is 43.7 Å². The molecule has 33 heavy (non-hydrogen) atoms. The summed E-state index contributed by atoms with van der Waals surface area (Å²) >= 11 is 1.66. The molecule has 170 valence electrons. The van der Waals surface area contributed by atoms with Gasteiger partial charge in [-0.2, -0.15) is 4.31 Å². The molecule has 0 saturated carbocycles. The summed E-state index contributed by atoms with van der Waals surface area (Å²) in [6, 6.07) is 13.6. The van der Waals surface area contributed by atoms with Crippen molar-refractivity contribution in [3.05, 3.63) is 75.5 Å². The Hall–Kier alpha value is -3.01. The van der Waals surface area contributed by atoms with Crippen molar-refractivity contribution in [1.82, 2.24) is 4.31 Å². The molecule has 0 atom stereocenters. The minimum absolute atomic E-state index is 0.0205. The van der Waals surface area contributed by atoms with Gasteiger partial charge in [-0.15, -0.1) is 11.3 Å². The van der Waals surface area contributed by atoms with Gasteiger partial charge < -0.3 is 10.2 Å². The second-order valence-electron chi connectivity index (χ2n) is 8.20. The third-order valence-electron chi connectivity index (χ3n) is 6.12. The van der Waals surface area contributed by atoms with Crippen LogP contribution in [-0.4, -0.2) is 37.6 Å². The van der Waals surface area contributed by atoms with Crippen molar-refractivity contribution >= 4 is 44.5 Å². The lowest BCUT2D eigenvalue weighted by Crippen LogP contribution is -2.35. The second-order valence-corrected chi connectivity index (χ2v) is 11.1. The van der Waals surface area contributed by atoms with Crippen LogP contribution in [0.3, 0.4) is 0 Å². The average molecular weight is 482 g/mol. The maximum atomic E-state index is 13.2. The molecule has 2 aliphatic heterocycles. The number of amides is 2. The van der Waals surface area contributed by atoms with E-state index < -0.39 is 10.0 Å². The van der Waals surface area contributed by atoms with Gasteiger partial charge in [-0.25, -0.2) is 8.42 Å². The van der Waals surface area contributed by atoms with E-state index in [-0.39, 0.29) is 16.7 Å². The van der Waals surface area contributed by atoms with Gasteiger partial charge in [0.1, 0.15) is 0 Å². The summed E-state index contributed by atoms with van der Waals surface area (Å²) in [5, 5.41) is 4.80. The van der Waals surface area contributed by atoms with E-state index in [1.54, 1.807) is 52.6 Å². The number of carbonyl (C=O) groups excluding carboxylic acids is 2. The number of hydrogen-bond donors (Lipinski definition) is 1. The molecule has 0 spiro atoms. The van der Waals surface area contributed by atoms with Gasteiger partial charge in [0.05, 0.1) is 4.90 Å². The number of rotatable bonds is 4. The Morgan fingerprint density at radius 1 is 1.00 bits per heavy atom. The van der Waals surface area contributed by atoms with Crippen molar-refractivity contribution < 1.29 is 18.0 Å². The summed E-state index contributed by atoms with van der Waals surface area (Å²) in [5.74, 6) is -0.345. The summed E-state index contributed by atoms with van der Waals surface area (Å²) < 4.78 is 27.9. The SMILES string of the molecule is CC(=O)N1CCc2cc(C(=O)Nc3cccc(S(=O)(=O)N4CCc5sccc5C4)c3)ccc21. The van der Waals surface area contributed by atoms with E-state index in [2.05, 4.69) is 5.32 Å². The highest BCUT2D eigenvalue weighted by Crippen LogP contribution is 2.30. The van der Waals surface area contributed by atoms with Crippen LogP contribution in [0.15, 0.2) is 58.8 Å². The predicted molar refractivity (Wildman–Crippen MR) is 128 cm³/mol. The lowest BCUT2D eigenvalue weighted by atomic mass is 10.1. The topological polar surface area (TPSA) is 86.8 Å². The third kappa shape index (κ3) is 4.07. The lowest BCUT2D eigenvalue weighted by molar-refractivity contribution is -0.116. The van der Waals surface area contributed by atoms with Gasteiger partial charge in [0.15, 0.2) is 0 Å². The van der Waals surface area contributed by atoms with Crippen LogP contribution in [0.5, 0.6) is 0 Å². The number of hydrogen-bond acceptors (Lipinski definition) is 5. The standard InChI is InChI=1S/C24H23N3O4S2/c1-16(28)27-11-7-17-13-18(5-6-22(17)27)24(29)25-20-3-2-4-21(14-20)33(30,31)26-10-8-23-19(15-26)9-12-32-23/h2-6,9,12-14H,7-8,10-11,15H2,1H3,(H,25,29). The number of anilines is 2. The number of sulfonamides is 1. The molecule has 0 fully saturated rings. The Kier molecular flexibility index (Phi) is 5.55. The van der Waals surface area contributed by atoms with Gasteiger partial charge in [0, 0.05) is 48.4 Å². The monoisotopic (exact) mass is 481 g/mol. The number of thiophene rings is 1. The minimum Gasteiger partial charge on any atom is -0.322 e. The largest absolute Gasteiger partial charge is 0.322 e. The zero-order chi connectivity index (χ0) is 23.2. The first kappa shape index (κ1) is 21.8. The van der Waals surface area contributed by atoms with Crippen molar-refractivity contribution in [2.75, 3.05) is 23.3 Å². The van der Waals surface area contributed by atoms with Gasteiger partial charge in [0.25, 0.3) is 5.91 Å². The highest BCUT2D eigenvalue weighted by molar-refractivity contribution is 7.89. The molecule has 0 unspecified atom stereocenters. The molecule has 0 radical (unpaired) electrons. The molecule has 3 heterocycles. The maximum absolute atomic E-state index is 13.2. The molecular formula is C24H23N3O4S2. The molecule has 2 aromatic carbocycles. The Labute approximate surface area is 196 Å². The first-order valence-electron chi connectivity index (χ1n) is 10.7. The van der Waals surface area contributed by atoms with Crippen LogP contribution >= 0.6 is 11.3 Å². The van der Waals surface area contributed by atoms with Crippen LogP contribution in [0, 0.1) is 0 Å². The van der Waals surface area contributed by atoms with Gasteiger partial charge in [-0.05, 0) is 71.8 Å². The molecule has 2 aliphatic rings. The van der Waals surface area contributed by atoms with Crippen molar-refractivity contribution in [3.63, 3.8) is 0 Å². The number of benzene rings is 2. The molecule has 7 nitrogen and oxygen atoms in total. The van der Waals surface area contributed by atoms with E-state index in [9.17, 15) is 18.0 Å². The quantitative estimate of drug-likeness (QED) is 0.616. The molecule has 1 aromatic heterocycles. The van der Waals surface area contributed by atoms with Crippen molar-refractivity contribution in [2.24, 2.45) is 0 Å². The van der Waals surface area contributed by atoms with Crippen LogP contribution in [0.2, 0.25) is 0 Å². The predicted octanol–water partition coefficient (Wildman–Crippen LogP) is 3.66. The highest BCUT2D eigenvalue weighted by Gasteiger charge is 2.29. The summed E-state index contributed by atoms with van der Waals surface area (Å²) in [4.78, 5) is 27.7. The molecule has 5 rings (SSSR count). The minimum atomic E-state index is -3.68. The fourth-order valence-corrected chi connectivity index (χ4v) is 6.74. The maximum Gasteiger partial charge on any atom is 0.255 e. The third-order valence-corrected chi connectivity index (χ3v) is 8.98. The zero-order valence-electron chi connectivity index (χ0n) is 18.1. The fraction of sp³-hybridized carbons (Fsp3) is 0.250. The van der Waals surface area contributed by atoms with Crippen LogP contribution in [0.4, 0.5) is 11.4 Å². The fourth-order valence-electron chi connectivity index (χ4n) is 4.38. The average Bonchev–Trinajstić information content (AvgIpc) is 3.45. The smallest absolute Gasteiger partial charge is 0.255 e. The number of carbonyl (C=O) groups is 2. The van der Waals surface area contributed by atoms with Crippen molar-refractivity contribution in [2.45, 2.75) is 31.2 Å². The Morgan fingerprint density at radius 3 is 2.67 bits per heavy atom. The first-order chi connectivity index (χ1) is 15.8. The molecule has 9 heteroatoms. The van der Waals surface area contributed by atoms with Crippen LogP contribution in [0.25, 0.3) is 0 Å². The van der Waals surface area contributed by atoms with Gasteiger partial charge >= 0.3 is 0 Å². The number of nitrogens with zero attached hydrogens (tertiary/aromatic N) is 2. The summed E-state index contributed by atoms with van der Waals surface area (Å²) in [5.41, 5.74) is 3.72. The van der Waals surface area contributed by atoms with E-state index in [4.69, 9.17) is 0 Å². The summed E-state index contributed by atoms with van der Waals surface area (Å²) in [6.07, 6.45) is 1.41. The number of fused-ring (bicyclic) bond motifs is 2. The van der Waals surface area contributed by atoms with Crippen LogP contribution in [-0.2, 0) is 34.2 Å². The Balaban J connectivity index is 1.34. The molecule has 3 aromatic rings. The van der Waals surface area contributed by atoms with Crippen LogP contribution < -0.4 is 10.2 Å². The first-order valence-corrected chi connectivity index (χ1v) is 13.0. The summed E-state index contributed by atoms with van der Waals surface area (Å²) in [7, 11) is -3.68. The molecule has 2 amide bonds. The van der Waals surface area contributed by atoms with E-state index in [1.807, 2.05) is 11.4 Å². The van der Waals surface area contributed by atoms with Gasteiger partial charge in [0.2, 0.25) is 15.9 Å². The Morgan fingerprint density at radius 2 is 1.85 bits per heavy atom. The molecule has 0 saturated heterocycles. The van der Waals surface area contributed by atoms with Gasteiger partial charge in [-0.3, -0.25) is 9.59 Å². The Bertz CT molecular complexity index is 1360. The van der Waals surface area contributed by atoms with Crippen molar-refractivity contribution in [1.29, 1.82) is 0 Å². The van der Waals surface area contributed by atoms with Gasteiger partial charge in [-0.1, -0.05) is 6.07 Å². The van der Waals surface area contributed by atoms with E-state index in [0.717, 1.165) is 16.8 Å². The highest BCUT2D eigenvalue weighted by atomic mass is 32.2. The van der Waals surface area contributed by atoms with E-state index >= 15 is 0 Å². The second kappa shape index (κ2) is 8.40. The normalized spacial score (nSPS) is 15.7. The summed E-state index contributed by atoms with van der Waals surface area (Å²) in [6.45, 7) is 2.95. The zero-order valence-corrected chi connectivity index (χ0v) is 19.7. The van der Waals surface area contributed by atoms with E-state index in [1.165, 1.54) is 22.2 Å².